The molecule has 2 N–H and O–H groups in total. The largest absolute Gasteiger partial charge is 0.376 e. The highest BCUT2D eigenvalue weighted by molar-refractivity contribution is 5.94. The maximum atomic E-state index is 12.5. The van der Waals surface area contributed by atoms with Crippen molar-refractivity contribution in [1.82, 2.24) is 9.97 Å². The van der Waals surface area contributed by atoms with Crippen LogP contribution in [0.2, 0.25) is 0 Å². The molecule has 6 heteroatoms. The Labute approximate surface area is 164 Å². The fraction of sp³-hybridized carbons (Fsp3) is 0.364. The van der Waals surface area contributed by atoms with Gasteiger partial charge in [-0.2, -0.15) is 0 Å². The first-order chi connectivity index (χ1) is 13.7. The van der Waals surface area contributed by atoms with Crippen molar-refractivity contribution in [1.29, 1.82) is 0 Å². The van der Waals surface area contributed by atoms with Gasteiger partial charge in [0.25, 0.3) is 5.91 Å². The molecule has 1 amide bonds. The second kappa shape index (κ2) is 8.54. The van der Waals surface area contributed by atoms with Crippen molar-refractivity contribution < 1.29 is 14.3 Å². The number of anilines is 1. The number of imidazole rings is 1. The number of nitrogens with one attached hydrogen (secondary N) is 2. The van der Waals surface area contributed by atoms with Crippen molar-refractivity contribution in [2.75, 3.05) is 18.5 Å². The first-order valence-corrected chi connectivity index (χ1v) is 9.78. The van der Waals surface area contributed by atoms with Gasteiger partial charge in [0.2, 0.25) is 0 Å². The standard InChI is InChI=1S/C22H25N3O3/c1-15(28-14-18-9-4-5-12-27-18)22(26)23-17-8-6-7-16(13-17)21-24-19-10-2-3-11-20(19)25-21/h2-3,6-8,10-11,13,15,18H,4-5,9,12,14H2,1H3,(H,23,26)(H,24,25). The first-order valence-electron chi connectivity index (χ1n) is 9.78. The summed E-state index contributed by atoms with van der Waals surface area (Å²) in [5, 5.41) is 2.93. The number of fused-ring (bicyclic) bond motifs is 1. The molecular weight excluding hydrogens is 354 g/mol. The smallest absolute Gasteiger partial charge is 0.253 e. The number of H-pyrrole nitrogens is 1. The Kier molecular flexibility index (Phi) is 5.69. The van der Waals surface area contributed by atoms with E-state index in [2.05, 4.69) is 15.3 Å². The van der Waals surface area contributed by atoms with Gasteiger partial charge in [-0.05, 0) is 50.5 Å². The van der Waals surface area contributed by atoms with Crippen LogP contribution in [-0.4, -0.2) is 41.3 Å². The molecule has 0 radical (unpaired) electrons. The number of hydrogen-bond donors (Lipinski definition) is 2. The zero-order valence-corrected chi connectivity index (χ0v) is 16.0. The van der Waals surface area contributed by atoms with Crippen molar-refractivity contribution in [3.8, 4) is 11.4 Å². The molecule has 146 valence electrons. The maximum absolute atomic E-state index is 12.5. The summed E-state index contributed by atoms with van der Waals surface area (Å²) in [7, 11) is 0. The van der Waals surface area contributed by atoms with Gasteiger partial charge in [0.15, 0.2) is 0 Å². The average Bonchev–Trinajstić information content (AvgIpc) is 3.17. The summed E-state index contributed by atoms with van der Waals surface area (Å²) in [6.45, 7) is 3.00. The summed E-state index contributed by atoms with van der Waals surface area (Å²) in [4.78, 5) is 20.4. The summed E-state index contributed by atoms with van der Waals surface area (Å²) < 4.78 is 11.4. The van der Waals surface area contributed by atoms with Gasteiger partial charge < -0.3 is 19.8 Å². The molecule has 1 aliphatic heterocycles. The number of nitrogens with zero attached hydrogens (tertiary/aromatic N) is 1. The molecule has 2 heterocycles. The monoisotopic (exact) mass is 379 g/mol. The molecule has 2 aromatic carbocycles. The Morgan fingerprint density at radius 3 is 3.00 bits per heavy atom. The van der Waals surface area contributed by atoms with Gasteiger partial charge in [0.05, 0.1) is 23.7 Å². The van der Waals surface area contributed by atoms with Gasteiger partial charge in [-0.1, -0.05) is 24.3 Å². The number of amides is 1. The summed E-state index contributed by atoms with van der Waals surface area (Å²) in [6.07, 6.45) is 2.81. The molecule has 6 nitrogen and oxygen atoms in total. The first kappa shape index (κ1) is 18.7. The highest BCUT2D eigenvalue weighted by Gasteiger charge is 2.19. The minimum Gasteiger partial charge on any atom is -0.376 e. The molecule has 3 aromatic rings. The number of carbonyl (C=O) groups is 1. The van der Waals surface area contributed by atoms with Crippen LogP contribution in [0.1, 0.15) is 26.2 Å². The lowest BCUT2D eigenvalue weighted by molar-refractivity contribution is -0.130. The van der Waals surface area contributed by atoms with Crippen LogP contribution in [0.25, 0.3) is 22.4 Å². The number of rotatable bonds is 6. The van der Waals surface area contributed by atoms with Gasteiger partial charge in [-0.25, -0.2) is 4.98 Å². The van der Waals surface area contributed by atoms with E-state index in [-0.39, 0.29) is 12.0 Å². The van der Waals surface area contributed by atoms with E-state index < -0.39 is 6.10 Å². The van der Waals surface area contributed by atoms with Crippen LogP contribution >= 0.6 is 0 Å². The Balaban J connectivity index is 1.39. The number of aromatic nitrogens is 2. The van der Waals surface area contributed by atoms with Gasteiger partial charge in [0, 0.05) is 17.9 Å². The summed E-state index contributed by atoms with van der Waals surface area (Å²) >= 11 is 0. The number of para-hydroxylation sites is 2. The summed E-state index contributed by atoms with van der Waals surface area (Å²) in [5.74, 6) is 0.605. The van der Waals surface area contributed by atoms with E-state index >= 15 is 0 Å². The quantitative estimate of drug-likeness (QED) is 0.675. The maximum Gasteiger partial charge on any atom is 0.253 e. The lowest BCUT2D eigenvalue weighted by Crippen LogP contribution is -2.32. The van der Waals surface area contributed by atoms with E-state index in [1.54, 1.807) is 6.92 Å². The van der Waals surface area contributed by atoms with E-state index in [1.807, 2.05) is 48.5 Å². The van der Waals surface area contributed by atoms with Crippen LogP contribution in [0.15, 0.2) is 48.5 Å². The molecule has 28 heavy (non-hydrogen) atoms. The number of aromatic amines is 1. The van der Waals surface area contributed by atoms with E-state index in [1.165, 1.54) is 0 Å². The van der Waals surface area contributed by atoms with Crippen molar-refractivity contribution in [2.45, 2.75) is 38.4 Å². The minimum atomic E-state index is -0.541. The van der Waals surface area contributed by atoms with Gasteiger partial charge in [-0.3, -0.25) is 4.79 Å². The summed E-state index contributed by atoms with van der Waals surface area (Å²) in [5.41, 5.74) is 3.53. The van der Waals surface area contributed by atoms with Crippen molar-refractivity contribution >= 4 is 22.6 Å². The van der Waals surface area contributed by atoms with Crippen LogP contribution in [-0.2, 0) is 14.3 Å². The lowest BCUT2D eigenvalue weighted by atomic mass is 10.1. The number of hydrogen-bond acceptors (Lipinski definition) is 4. The second-order valence-electron chi connectivity index (χ2n) is 7.14. The van der Waals surface area contributed by atoms with E-state index in [4.69, 9.17) is 9.47 Å². The molecule has 1 fully saturated rings. The van der Waals surface area contributed by atoms with Crippen LogP contribution in [0, 0.1) is 0 Å². The van der Waals surface area contributed by atoms with E-state index in [0.29, 0.717) is 12.3 Å². The van der Waals surface area contributed by atoms with Gasteiger partial charge in [-0.15, -0.1) is 0 Å². The molecule has 0 saturated carbocycles. The molecule has 1 saturated heterocycles. The van der Waals surface area contributed by atoms with E-state index in [9.17, 15) is 4.79 Å². The Morgan fingerprint density at radius 1 is 1.29 bits per heavy atom. The molecule has 2 unspecified atom stereocenters. The normalized spacial score (nSPS) is 18.1. The molecule has 0 spiro atoms. The van der Waals surface area contributed by atoms with Crippen molar-refractivity contribution in [2.24, 2.45) is 0 Å². The number of benzene rings is 2. The van der Waals surface area contributed by atoms with Crippen molar-refractivity contribution in [3.63, 3.8) is 0 Å². The van der Waals surface area contributed by atoms with Crippen LogP contribution in [0.5, 0.6) is 0 Å². The Hall–Kier alpha value is -2.70. The number of carbonyl (C=O) groups excluding carboxylic acids is 1. The van der Waals surface area contributed by atoms with Crippen LogP contribution < -0.4 is 5.32 Å². The SMILES string of the molecule is CC(OCC1CCCCO1)C(=O)Nc1cccc(-c2nc3ccccc3[nH]2)c1. The third-order valence-corrected chi connectivity index (χ3v) is 4.97. The van der Waals surface area contributed by atoms with E-state index in [0.717, 1.165) is 48.3 Å². The predicted molar refractivity (Wildman–Crippen MR) is 109 cm³/mol. The molecule has 0 bridgehead atoms. The Bertz CT molecular complexity index is 914. The average molecular weight is 379 g/mol. The van der Waals surface area contributed by atoms with Gasteiger partial charge >= 0.3 is 0 Å². The molecule has 1 aliphatic rings. The fourth-order valence-corrected chi connectivity index (χ4v) is 3.34. The topological polar surface area (TPSA) is 76.2 Å². The predicted octanol–water partition coefficient (Wildman–Crippen LogP) is 4.14. The minimum absolute atomic E-state index is 0.0976. The lowest BCUT2D eigenvalue weighted by Gasteiger charge is -2.23. The molecular formula is C22H25N3O3. The second-order valence-corrected chi connectivity index (χ2v) is 7.14. The molecule has 1 aromatic heterocycles. The molecule has 4 rings (SSSR count). The van der Waals surface area contributed by atoms with Crippen LogP contribution in [0.3, 0.4) is 0 Å². The zero-order valence-electron chi connectivity index (χ0n) is 16.0. The number of ether oxygens (including phenoxy) is 2. The van der Waals surface area contributed by atoms with Crippen LogP contribution in [0.4, 0.5) is 5.69 Å². The molecule has 2 atom stereocenters. The zero-order chi connectivity index (χ0) is 19.3. The highest BCUT2D eigenvalue weighted by Crippen LogP contribution is 2.23. The summed E-state index contributed by atoms with van der Waals surface area (Å²) in [6, 6.07) is 15.5. The Morgan fingerprint density at radius 2 is 2.18 bits per heavy atom. The third kappa shape index (κ3) is 4.40. The molecule has 0 aliphatic carbocycles. The fourth-order valence-electron chi connectivity index (χ4n) is 3.34. The third-order valence-electron chi connectivity index (χ3n) is 4.97. The highest BCUT2D eigenvalue weighted by atomic mass is 16.5. The van der Waals surface area contributed by atoms with Crippen molar-refractivity contribution in [3.05, 3.63) is 48.5 Å². The van der Waals surface area contributed by atoms with Gasteiger partial charge in [0.1, 0.15) is 11.9 Å².